The van der Waals surface area contributed by atoms with Gasteiger partial charge in [-0.15, -0.1) is 0 Å². The number of rotatable bonds is 5. The number of halogens is 1. The number of sulfonamides is 1. The van der Waals surface area contributed by atoms with Gasteiger partial charge in [0.15, 0.2) is 0 Å². The van der Waals surface area contributed by atoms with Gasteiger partial charge in [-0.25, -0.2) is 8.42 Å². The second-order valence-electron chi connectivity index (χ2n) is 8.65. The number of carbonyl (C=O) groups is 1. The molecule has 1 fully saturated rings. The molecule has 34 heavy (non-hydrogen) atoms. The molecular formula is C24H26ClN5O3S. The summed E-state index contributed by atoms with van der Waals surface area (Å²) in [4.78, 5) is 15.3. The van der Waals surface area contributed by atoms with Crippen molar-refractivity contribution in [3.63, 3.8) is 0 Å². The second-order valence-corrected chi connectivity index (χ2v) is 10.9. The van der Waals surface area contributed by atoms with Crippen molar-refractivity contribution in [2.75, 3.05) is 31.1 Å². The number of hydrogen-bond donors (Lipinski definition) is 1. The van der Waals surface area contributed by atoms with Crippen LogP contribution in [-0.4, -0.2) is 54.6 Å². The van der Waals surface area contributed by atoms with E-state index in [4.69, 9.17) is 11.6 Å². The summed E-state index contributed by atoms with van der Waals surface area (Å²) in [5, 5.41) is 7.66. The Hall–Kier alpha value is -2.88. The van der Waals surface area contributed by atoms with Crippen LogP contribution in [0.2, 0.25) is 5.02 Å². The zero-order chi connectivity index (χ0) is 23.9. The molecule has 0 spiro atoms. The Labute approximate surface area is 204 Å². The molecule has 2 aliphatic rings. The highest BCUT2D eigenvalue weighted by Gasteiger charge is 2.35. The standard InChI is InChI=1S/C24H26ClN5O3S/c1-28-16-21(23(31)26-22-11-6-17-4-2-3-5-20(17)22)24(27-28)34(32,33)30-14-12-29(13-15-30)19-9-7-18(25)8-10-19/h2-5,7-10,16,22H,6,11-15H2,1H3,(H,26,31)/t22-/m0/s1. The Morgan fingerprint density at radius 1 is 1.06 bits per heavy atom. The Kier molecular flexibility index (Phi) is 6.09. The first-order chi connectivity index (χ1) is 16.3. The maximum absolute atomic E-state index is 13.5. The van der Waals surface area contributed by atoms with E-state index >= 15 is 0 Å². The quantitative estimate of drug-likeness (QED) is 0.583. The van der Waals surface area contributed by atoms with E-state index in [0.29, 0.717) is 31.2 Å². The van der Waals surface area contributed by atoms with Gasteiger partial charge in [0.1, 0.15) is 0 Å². The van der Waals surface area contributed by atoms with Crippen molar-refractivity contribution in [1.29, 1.82) is 0 Å². The van der Waals surface area contributed by atoms with Crippen molar-refractivity contribution in [3.8, 4) is 0 Å². The van der Waals surface area contributed by atoms with Crippen molar-refractivity contribution in [2.45, 2.75) is 23.9 Å². The van der Waals surface area contributed by atoms with Crippen LogP contribution in [0.4, 0.5) is 5.69 Å². The summed E-state index contributed by atoms with van der Waals surface area (Å²) in [6.45, 7) is 1.68. The minimum absolute atomic E-state index is 0.0759. The van der Waals surface area contributed by atoms with Crippen LogP contribution < -0.4 is 10.2 Å². The summed E-state index contributed by atoms with van der Waals surface area (Å²) in [6, 6.07) is 15.4. The lowest BCUT2D eigenvalue weighted by molar-refractivity contribution is 0.0933. The van der Waals surface area contributed by atoms with Crippen LogP contribution in [0.3, 0.4) is 0 Å². The number of benzene rings is 2. The first-order valence-electron chi connectivity index (χ1n) is 11.3. The first kappa shape index (κ1) is 22.9. The molecule has 10 heteroatoms. The predicted molar refractivity (Wildman–Crippen MR) is 131 cm³/mol. The lowest BCUT2D eigenvalue weighted by Gasteiger charge is -2.35. The van der Waals surface area contributed by atoms with E-state index in [2.05, 4.69) is 21.4 Å². The number of carbonyl (C=O) groups excluding carboxylic acids is 1. The molecule has 1 atom stereocenters. The third-order valence-electron chi connectivity index (χ3n) is 6.49. The van der Waals surface area contributed by atoms with Gasteiger partial charge in [0, 0.05) is 50.1 Å². The molecule has 1 N–H and O–H groups in total. The molecule has 3 aromatic rings. The zero-order valence-corrected chi connectivity index (χ0v) is 20.4. The molecule has 0 saturated carbocycles. The second kappa shape index (κ2) is 9.05. The molecule has 178 valence electrons. The minimum Gasteiger partial charge on any atom is -0.369 e. The van der Waals surface area contributed by atoms with Gasteiger partial charge in [0.25, 0.3) is 15.9 Å². The average Bonchev–Trinajstić information content (AvgIpc) is 3.44. The fourth-order valence-corrected chi connectivity index (χ4v) is 6.39. The minimum atomic E-state index is -3.93. The highest BCUT2D eigenvalue weighted by atomic mass is 35.5. The number of piperazine rings is 1. The van der Waals surface area contributed by atoms with Crippen molar-refractivity contribution in [2.24, 2.45) is 7.05 Å². The fourth-order valence-electron chi connectivity index (χ4n) is 4.72. The Balaban J connectivity index is 1.32. The molecule has 5 rings (SSSR count). The van der Waals surface area contributed by atoms with Gasteiger partial charge in [0.05, 0.1) is 11.6 Å². The topological polar surface area (TPSA) is 87.5 Å². The monoisotopic (exact) mass is 499 g/mol. The number of aryl methyl sites for hydroxylation is 2. The van der Waals surface area contributed by atoms with E-state index < -0.39 is 15.9 Å². The summed E-state index contributed by atoms with van der Waals surface area (Å²) in [5.41, 5.74) is 3.37. The Morgan fingerprint density at radius 3 is 2.50 bits per heavy atom. The van der Waals surface area contributed by atoms with Gasteiger partial charge in [0.2, 0.25) is 5.03 Å². The number of nitrogens with zero attached hydrogens (tertiary/aromatic N) is 4. The third-order valence-corrected chi connectivity index (χ3v) is 8.58. The number of fused-ring (bicyclic) bond motifs is 1. The van der Waals surface area contributed by atoms with Crippen LogP contribution in [0.15, 0.2) is 59.8 Å². The van der Waals surface area contributed by atoms with Gasteiger partial charge in [-0.05, 0) is 48.2 Å². The molecule has 1 amide bonds. The van der Waals surface area contributed by atoms with Crippen molar-refractivity contribution in [3.05, 3.63) is 76.4 Å². The third kappa shape index (κ3) is 4.31. The molecule has 1 aromatic heterocycles. The normalized spacial score (nSPS) is 18.6. The molecule has 1 aliphatic carbocycles. The van der Waals surface area contributed by atoms with Crippen LogP contribution in [0.1, 0.15) is 33.9 Å². The molecule has 0 bridgehead atoms. The van der Waals surface area contributed by atoms with Crippen molar-refractivity contribution in [1.82, 2.24) is 19.4 Å². The average molecular weight is 500 g/mol. The molecule has 2 heterocycles. The number of anilines is 1. The highest BCUT2D eigenvalue weighted by molar-refractivity contribution is 7.89. The van der Waals surface area contributed by atoms with E-state index in [1.165, 1.54) is 20.7 Å². The van der Waals surface area contributed by atoms with Crippen molar-refractivity contribution >= 4 is 33.2 Å². The van der Waals surface area contributed by atoms with Crippen LogP contribution >= 0.6 is 11.6 Å². The Morgan fingerprint density at radius 2 is 1.76 bits per heavy atom. The highest BCUT2D eigenvalue weighted by Crippen LogP contribution is 2.31. The van der Waals surface area contributed by atoms with E-state index in [-0.39, 0.29) is 16.6 Å². The summed E-state index contributed by atoms with van der Waals surface area (Å²) < 4.78 is 29.8. The lowest BCUT2D eigenvalue weighted by Crippen LogP contribution is -2.49. The van der Waals surface area contributed by atoms with Gasteiger partial charge in [-0.2, -0.15) is 9.40 Å². The van der Waals surface area contributed by atoms with Gasteiger partial charge in [-0.3, -0.25) is 9.48 Å². The van der Waals surface area contributed by atoms with Crippen LogP contribution in [0.25, 0.3) is 0 Å². The van der Waals surface area contributed by atoms with Crippen molar-refractivity contribution < 1.29 is 13.2 Å². The van der Waals surface area contributed by atoms with Crippen LogP contribution in [0.5, 0.6) is 0 Å². The van der Waals surface area contributed by atoms with E-state index in [1.54, 1.807) is 7.05 Å². The molecule has 1 aliphatic heterocycles. The summed E-state index contributed by atoms with van der Waals surface area (Å²) in [7, 11) is -2.31. The summed E-state index contributed by atoms with van der Waals surface area (Å²) in [6.07, 6.45) is 3.16. The number of amides is 1. The van der Waals surface area contributed by atoms with E-state index in [9.17, 15) is 13.2 Å². The number of hydrogen-bond acceptors (Lipinski definition) is 5. The molecule has 0 radical (unpaired) electrons. The van der Waals surface area contributed by atoms with Gasteiger partial charge in [-0.1, -0.05) is 35.9 Å². The van der Waals surface area contributed by atoms with E-state index in [1.807, 2.05) is 42.5 Å². The maximum Gasteiger partial charge on any atom is 0.263 e. The molecule has 8 nitrogen and oxygen atoms in total. The number of nitrogens with one attached hydrogen (secondary N) is 1. The van der Waals surface area contributed by atoms with Gasteiger partial charge < -0.3 is 10.2 Å². The Bertz CT molecular complexity index is 1310. The van der Waals surface area contributed by atoms with Crippen LogP contribution in [-0.2, 0) is 23.5 Å². The van der Waals surface area contributed by atoms with E-state index in [0.717, 1.165) is 24.1 Å². The summed E-state index contributed by atoms with van der Waals surface area (Å²) in [5.74, 6) is -0.423. The van der Waals surface area contributed by atoms with Crippen LogP contribution in [0, 0.1) is 0 Å². The SMILES string of the molecule is Cn1cc(C(=O)N[C@H]2CCc3ccccc32)c(S(=O)(=O)N2CCN(c3ccc(Cl)cc3)CC2)n1. The maximum atomic E-state index is 13.5. The predicted octanol–water partition coefficient (Wildman–Crippen LogP) is 3.00. The molecule has 2 aromatic carbocycles. The lowest BCUT2D eigenvalue weighted by atomic mass is 10.1. The molecular weight excluding hydrogens is 474 g/mol. The van der Waals surface area contributed by atoms with Gasteiger partial charge >= 0.3 is 0 Å². The number of aromatic nitrogens is 2. The summed E-state index contributed by atoms with van der Waals surface area (Å²) >= 11 is 5.97. The molecule has 0 unspecified atom stereocenters. The fraction of sp³-hybridized carbons (Fsp3) is 0.333. The molecule has 1 saturated heterocycles. The zero-order valence-electron chi connectivity index (χ0n) is 18.8. The first-order valence-corrected chi connectivity index (χ1v) is 13.1. The smallest absolute Gasteiger partial charge is 0.263 e. The largest absolute Gasteiger partial charge is 0.369 e.